The molecule has 1 saturated carbocycles. The van der Waals surface area contributed by atoms with E-state index in [1.807, 2.05) is 0 Å². The molecule has 0 radical (unpaired) electrons. The van der Waals surface area contributed by atoms with Crippen LogP contribution in [-0.2, 0) is 5.41 Å². The maximum absolute atomic E-state index is 2.48. The van der Waals surface area contributed by atoms with E-state index in [2.05, 4.69) is 224 Å². The Morgan fingerprint density at radius 3 is 1.84 bits per heavy atom. The van der Waals surface area contributed by atoms with Gasteiger partial charge in [-0.1, -0.05) is 173 Å². The van der Waals surface area contributed by atoms with Gasteiger partial charge in [0.15, 0.2) is 0 Å². The topological polar surface area (TPSA) is 6.48 Å². The molecule has 296 valence electrons. The summed E-state index contributed by atoms with van der Waals surface area (Å²) in [7, 11) is 0. The van der Waals surface area contributed by atoms with Crippen LogP contribution in [0.25, 0.3) is 43.8 Å². The first-order chi connectivity index (χ1) is 30.0. The first-order valence-electron chi connectivity index (χ1n) is 22.1. The first-order valence-corrected chi connectivity index (χ1v) is 22.1. The van der Waals surface area contributed by atoms with Gasteiger partial charge in [-0.2, -0.15) is 0 Å². The van der Waals surface area contributed by atoms with Crippen LogP contribution >= 0.6 is 0 Å². The van der Waals surface area contributed by atoms with Gasteiger partial charge in [-0.05, 0) is 134 Å². The number of rotatable bonds is 8. The third-order valence-corrected chi connectivity index (χ3v) is 13.6. The van der Waals surface area contributed by atoms with Crippen molar-refractivity contribution < 1.29 is 0 Å². The van der Waals surface area contributed by atoms with E-state index in [0.717, 1.165) is 34.1 Å². The van der Waals surface area contributed by atoms with E-state index >= 15 is 0 Å². The van der Waals surface area contributed by atoms with Crippen molar-refractivity contribution in [2.45, 2.75) is 57.3 Å². The van der Waals surface area contributed by atoms with Gasteiger partial charge in [-0.25, -0.2) is 0 Å². The lowest BCUT2D eigenvalue weighted by molar-refractivity contribution is 0.443. The molecule has 0 saturated heterocycles. The molecule has 2 nitrogen and oxygen atoms in total. The Bertz CT molecular complexity index is 3040. The van der Waals surface area contributed by atoms with Crippen molar-refractivity contribution in [2.75, 3.05) is 9.80 Å². The minimum absolute atomic E-state index is 0.114. The summed E-state index contributed by atoms with van der Waals surface area (Å²) in [6.07, 6.45) is 6.59. The number of fused-ring (bicyclic) bond motifs is 5. The standard InChI is InChI=1S/C59H50N2/c1-59(2)55-27-14-13-26-53(55)54-36-35-51(40-56(54)59)60(47-32-28-43(29-33-47)41-16-5-3-6-17-41)48-23-15-24-49(39-48)61(50-34-30-42-18-9-10-22-46(42)38-50)57-37-31-44-19-11-12-25-52(44)58(57)45-20-7-4-8-21-45/h4,7-15,18-41H,3,5-6,16-17H2,1-2H3. The van der Waals surface area contributed by atoms with Gasteiger partial charge in [0.2, 0.25) is 0 Å². The highest BCUT2D eigenvalue weighted by atomic mass is 15.2. The number of anilines is 6. The van der Waals surface area contributed by atoms with E-state index in [-0.39, 0.29) is 5.41 Å². The summed E-state index contributed by atoms with van der Waals surface area (Å²) < 4.78 is 0. The van der Waals surface area contributed by atoms with Crippen LogP contribution in [0.4, 0.5) is 34.1 Å². The van der Waals surface area contributed by atoms with Gasteiger partial charge in [0, 0.05) is 39.4 Å². The average molecular weight is 787 g/mol. The molecule has 0 amide bonds. The van der Waals surface area contributed by atoms with E-state index in [9.17, 15) is 0 Å². The molecule has 2 aliphatic rings. The summed E-state index contributed by atoms with van der Waals surface area (Å²) in [4.78, 5) is 4.95. The second-order valence-corrected chi connectivity index (χ2v) is 17.6. The monoisotopic (exact) mass is 786 g/mol. The summed E-state index contributed by atoms with van der Waals surface area (Å²) >= 11 is 0. The number of hydrogen-bond acceptors (Lipinski definition) is 2. The van der Waals surface area contributed by atoms with Crippen LogP contribution in [0.5, 0.6) is 0 Å². The van der Waals surface area contributed by atoms with E-state index < -0.39 is 0 Å². The molecule has 2 heteroatoms. The Morgan fingerprint density at radius 2 is 1.02 bits per heavy atom. The molecule has 61 heavy (non-hydrogen) atoms. The van der Waals surface area contributed by atoms with Gasteiger partial charge in [-0.3, -0.25) is 0 Å². The van der Waals surface area contributed by atoms with Crippen molar-refractivity contribution >= 4 is 55.7 Å². The van der Waals surface area contributed by atoms with E-state index in [1.54, 1.807) is 0 Å². The van der Waals surface area contributed by atoms with Crippen LogP contribution in [-0.4, -0.2) is 0 Å². The Balaban J connectivity index is 1.11. The molecular weight excluding hydrogens is 737 g/mol. The molecule has 9 aromatic rings. The quantitative estimate of drug-likeness (QED) is 0.151. The summed E-state index contributed by atoms with van der Waals surface area (Å²) in [6.45, 7) is 4.75. The summed E-state index contributed by atoms with van der Waals surface area (Å²) in [5.74, 6) is 0.648. The molecule has 1 fully saturated rings. The number of hydrogen-bond donors (Lipinski definition) is 0. The molecular formula is C59H50N2. The molecule has 0 aromatic heterocycles. The molecule has 11 rings (SSSR count). The van der Waals surface area contributed by atoms with Crippen molar-refractivity contribution in [1.82, 2.24) is 0 Å². The molecule has 0 aliphatic heterocycles. The number of nitrogens with zero attached hydrogens (tertiary/aromatic N) is 2. The fourth-order valence-electron chi connectivity index (χ4n) is 10.5. The average Bonchev–Trinajstić information content (AvgIpc) is 3.55. The zero-order chi connectivity index (χ0) is 40.9. The van der Waals surface area contributed by atoms with Gasteiger partial charge < -0.3 is 9.80 Å². The fraction of sp³-hybridized carbons (Fsp3) is 0.153. The minimum Gasteiger partial charge on any atom is -0.310 e. The van der Waals surface area contributed by atoms with Crippen LogP contribution in [0.1, 0.15) is 68.6 Å². The lowest BCUT2D eigenvalue weighted by atomic mass is 9.82. The predicted molar refractivity (Wildman–Crippen MR) is 260 cm³/mol. The minimum atomic E-state index is -0.114. The maximum atomic E-state index is 2.48. The van der Waals surface area contributed by atoms with E-state index in [1.165, 1.54) is 92.6 Å². The van der Waals surface area contributed by atoms with Crippen LogP contribution in [0.15, 0.2) is 200 Å². The molecule has 0 unspecified atom stereocenters. The van der Waals surface area contributed by atoms with Gasteiger partial charge in [0.05, 0.1) is 5.69 Å². The van der Waals surface area contributed by atoms with E-state index in [4.69, 9.17) is 0 Å². The van der Waals surface area contributed by atoms with Crippen molar-refractivity contribution in [3.63, 3.8) is 0 Å². The van der Waals surface area contributed by atoms with Gasteiger partial charge in [-0.15, -0.1) is 0 Å². The number of benzene rings is 9. The van der Waals surface area contributed by atoms with Crippen LogP contribution in [0.3, 0.4) is 0 Å². The van der Waals surface area contributed by atoms with Crippen molar-refractivity contribution in [3.8, 4) is 22.3 Å². The lowest BCUT2D eigenvalue weighted by Gasteiger charge is -2.32. The third kappa shape index (κ3) is 6.59. The molecule has 0 spiro atoms. The summed E-state index contributed by atoms with van der Waals surface area (Å²) in [6, 6.07) is 74.6. The van der Waals surface area contributed by atoms with Crippen molar-refractivity contribution in [3.05, 3.63) is 217 Å². The van der Waals surface area contributed by atoms with Crippen LogP contribution < -0.4 is 9.80 Å². The molecule has 0 N–H and O–H groups in total. The largest absolute Gasteiger partial charge is 0.310 e. The SMILES string of the molecule is CC1(C)c2ccccc2-c2ccc(N(c3ccc(C4CCCCC4)cc3)c3cccc(N(c4ccc5ccccc5c4)c4ccc5ccccc5c4-c4ccccc4)c3)cc21. The third-order valence-electron chi connectivity index (χ3n) is 13.6. The second kappa shape index (κ2) is 15.3. The van der Waals surface area contributed by atoms with Gasteiger partial charge >= 0.3 is 0 Å². The van der Waals surface area contributed by atoms with Gasteiger partial charge in [0.1, 0.15) is 0 Å². The van der Waals surface area contributed by atoms with Crippen LogP contribution in [0.2, 0.25) is 0 Å². The molecule has 2 aliphatic carbocycles. The zero-order valence-electron chi connectivity index (χ0n) is 35.1. The Hall–Kier alpha value is -6.90. The predicted octanol–water partition coefficient (Wildman–Crippen LogP) is 17.0. The Labute approximate surface area is 360 Å². The molecule has 0 heterocycles. The Kier molecular flexibility index (Phi) is 9.30. The maximum Gasteiger partial charge on any atom is 0.0546 e. The molecule has 0 atom stereocenters. The summed E-state index contributed by atoms with van der Waals surface area (Å²) in [5.41, 5.74) is 16.0. The molecule has 9 aromatic carbocycles. The Morgan fingerprint density at radius 1 is 0.410 bits per heavy atom. The highest BCUT2D eigenvalue weighted by Crippen LogP contribution is 2.52. The highest BCUT2D eigenvalue weighted by molar-refractivity contribution is 6.06. The second-order valence-electron chi connectivity index (χ2n) is 17.6. The van der Waals surface area contributed by atoms with Gasteiger partial charge in [0.25, 0.3) is 0 Å². The zero-order valence-corrected chi connectivity index (χ0v) is 35.1. The molecule has 0 bridgehead atoms. The lowest BCUT2D eigenvalue weighted by Crippen LogP contribution is -2.17. The first kappa shape index (κ1) is 37.1. The fourth-order valence-corrected chi connectivity index (χ4v) is 10.5. The van der Waals surface area contributed by atoms with E-state index in [0.29, 0.717) is 5.92 Å². The van der Waals surface area contributed by atoms with Crippen molar-refractivity contribution in [2.24, 2.45) is 0 Å². The van der Waals surface area contributed by atoms with Crippen molar-refractivity contribution in [1.29, 1.82) is 0 Å². The smallest absolute Gasteiger partial charge is 0.0546 e. The van der Waals surface area contributed by atoms with Crippen LogP contribution in [0, 0.1) is 0 Å². The highest BCUT2D eigenvalue weighted by Gasteiger charge is 2.36. The normalized spacial score (nSPS) is 14.5. The summed E-state index contributed by atoms with van der Waals surface area (Å²) in [5, 5.41) is 4.90.